The first kappa shape index (κ1) is 18.0. The number of hydrogen-bond acceptors (Lipinski definition) is 5. The van der Waals surface area contributed by atoms with Crippen molar-refractivity contribution in [3.63, 3.8) is 0 Å². The van der Waals surface area contributed by atoms with Crippen molar-refractivity contribution in [2.75, 3.05) is 18.9 Å². The zero-order chi connectivity index (χ0) is 15.9. The van der Waals surface area contributed by atoms with Gasteiger partial charge in [0.2, 0.25) is 0 Å². The number of nitrogens with zero attached hydrogens (tertiary/aromatic N) is 1. The molecule has 0 bridgehead atoms. The molecule has 1 aliphatic heterocycles. The van der Waals surface area contributed by atoms with Crippen molar-refractivity contribution in [3.8, 4) is 0 Å². The van der Waals surface area contributed by atoms with Crippen LogP contribution in [0.15, 0.2) is 21.2 Å². The second-order valence-corrected chi connectivity index (χ2v) is 7.00. The maximum atomic E-state index is 12.2. The van der Waals surface area contributed by atoms with Crippen LogP contribution in [0.3, 0.4) is 0 Å². The summed E-state index contributed by atoms with van der Waals surface area (Å²) in [5.41, 5.74) is 6.88. The summed E-state index contributed by atoms with van der Waals surface area (Å²) in [6.07, 6.45) is 0.753. The Kier molecular flexibility index (Phi) is 5.51. The zero-order valence-electron chi connectivity index (χ0n) is 12.2. The van der Waals surface area contributed by atoms with E-state index in [0.717, 1.165) is 30.0 Å². The fourth-order valence-corrected chi connectivity index (χ4v) is 4.12. The van der Waals surface area contributed by atoms with Gasteiger partial charge in [0.05, 0.1) is 5.56 Å². The lowest BCUT2D eigenvalue weighted by atomic mass is 10.0. The van der Waals surface area contributed by atoms with Crippen molar-refractivity contribution >= 4 is 56.5 Å². The largest absolute Gasteiger partial charge is 0.444 e. The Hall–Kier alpha value is -1.35. The van der Waals surface area contributed by atoms with Crippen LogP contribution < -0.4 is 11.1 Å². The minimum atomic E-state index is -0.516. The molecule has 0 saturated heterocycles. The molecule has 0 spiro atoms. The number of likely N-dealkylation sites (N-methyl/N-ethyl adjacent to an activating group) is 1. The molecule has 3 rings (SSSR count). The Morgan fingerprint density at radius 1 is 1.43 bits per heavy atom. The Bertz CT molecular complexity index is 759. The van der Waals surface area contributed by atoms with E-state index in [1.807, 2.05) is 7.05 Å². The predicted octanol–water partition coefficient (Wildman–Crippen LogP) is 2.86. The number of hydrogen-bond donors (Lipinski definition) is 2. The third-order valence-corrected chi connectivity index (χ3v) is 5.08. The van der Waals surface area contributed by atoms with E-state index in [4.69, 9.17) is 10.2 Å². The summed E-state index contributed by atoms with van der Waals surface area (Å²) >= 11 is 4.55. The van der Waals surface area contributed by atoms with E-state index in [2.05, 4.69) is 26.1 Å². The molecule has 0 atom stereocenters. The molecular weight excluding hydrogens is 406 g/mol. The molecule has 1 aliphatic rings. The lowest BCUT2D eigenvalue weighted by Gasteiger charge is -2.22. The van der Waals surface area contributed by atoms with Crippen LogP contribution in [0.5, 0.6) is 0 Å². The van der Waals surface area contributed by atoms with Crippen molar-refractivity contribution in [1.82, 2.24) is 4.90 Å². The molecule has 0 aliphatic carbocycles. The molecule has 2 amide bonds. The maximum absolute atomic E-state index is 12.2. The van der Waals surface area contributed by atoms with Gasteiger partial charge < -0.3 is 20.4 Å². The number of thiophene rings is 1. The molecule has 23 heavy (non-hydrogen) atoms. The molecular formula is C14H15BrClN3O3S. The second kappa shape index (κ2) is 7.04. The van der Waals surface area contributed by atoms with Crippen LogP contribution >= 0.6 is 39.7 Å². The average Bonchev–Trinajstić information content (AvgIpc) is 3.01. The topological polar surface area (TPSA) is 88.6 Å². The van der Waals surface area contributed by atoms with Gasteiger partial charge in [-0.3, -0.25) is 9.59 Å². The minimum Gasteiger partial charge on any atom is -0.444 e. The number of furan rings is 1. The maximum Gasteiger partial charge on any atom is 0.292 e. The number of carbonyl (C=O) groups excluding carboxylic acids is 2. The van der Waals surface area contributed by atoms with Gasteiger partial charge in [-0.15, -0.1) is 23.7 Å². The van der Waals surface area contributed by atoms with Gasteiger partial charge in [-0.25, -0.2) is 0 Å². The van der Waals surface area contributed by atoms with E-state index in [0.29, 0.717) is 15.2 Å². The fraction of sp³-hybridized carbons (Fsp3) is 0.286. The van der Waals surface area contributed by atoms with Crippen LogP contribution in [0.1, 0.15) is 31.4 Å². The van der Waals surface area contributed by atoms with E-state index in [1.165, 1.54) is 11.3 Å². The van der Waals surface area contributed by atoms with Gasteiger partial charge in [-0.2, -0.15) is 0 Å². The summed E-state index contributed by atoms with van der Waals surface area (Å²) in [6.45, 7) is 1.62. The summed E-state index contributed by atoms with van der Waals surface area (Å²) in [5.74, 6) is -0.746. The number of nitrogens with two attached hydrogens (primary N) is 1. The van der Waals surface area contributed by atoms with Crippen LogP contribution in [-0.2, 0) is 13.0 Å². The van der Waals surface area contributed by atoms with E-state index in [1.54, 1.807) is 12.1 Å². The van der Waals surface area contributed by atoms with Crippen molar-refractivity contribution in [3.05, 3.63) is 38.6 Å². The number of rotatable bonds is 3. The highest BCUT2D eigenvalue weighted by atomic mass is 79.9. The molecule has 0 aromatic carbocycles. The number of fused-ring (bicyclic) bond motifs is 1. The Morgan fingerprint density at radius 3 is 2.78 bits per heavy atom. The molecule has 124 valence electrons. The van der Waals surface area contributed by atoms with Gasteiger partial charge in [0, 0.05) is 18.0 Å². The number of anilines is 1. The highest BCUT2D eigenvalue weighted by Gasteiger charge is 2.27. The van der Waals surface area contributed by atoms with Crippen LogP contribution in [0, 0.1) is 0 Å². The first-order valence-corrected chi connectivity index (χ1v) is 8.26. The Balaban J connectivity index is 0.00000192. The molecule has 3 heterocycles. The standard InChI is InChI=1S/C14H14BrN3O3S.ClH/c1-18-5-4-7-9(6-18)22-14(11(7)12(16)19)17-13(20)8-2-3-10(15)21-8;/h2-3H,4-6H2,1H3,(H2,16,19)(H,17,20);1H. The average molecular weight is 421 g/mol. The number of halogens is 2. The van der Waals surface area contributed by atoms with Gasteiger partial charge in [0.1, 0.15) is 5.00 Å². The SMILES string of the molecule is CN1CCc2c(sc(NC(=O)c3ccc(Br)o3)c2C(N)=O)C1.Cl. The number of primary amides is 1. The molecule has 2 aromatic heterocycles. The molecule has 9 heteroatoms. The van der Waals surface area contributed by atoms with Gasteiger partial charge in [-0.1, -0.05) is 0 Å². The van der Waals surface area contributed by atoms with E-state index < -0.39 is 11.8 Å². The van der Waals surface area contributed by atoms with Gasteiger partial charge >= 0.3 is 0 Å². The first-order valence-electron chi connectivity index (χ1n) is 6.65. The summed E-state index contributed by atoms with van der Waals surface area (Å²) in [5, 5.41) is 3.23. The quantitative estimate of drug-likeness (QED) is 0.799. The van der Waals surface area contributed by atoms with E-state index >= 15 is 0 Å². The zero-order valence-corrected chi connectivity index (χ0v) is 15.4. The van der Waals surface area contributed by atoms with Crippen LogP contribution in [0.2, 0.25) is 0 Å². The van der Waals surface area contributed by atoms with Crippen molar-refractivity contribution in [2.24, 2.45) is 5.73 Å². The highest BCUT2D eigenvalue weighted by molar-refractivity contribution is 9.10. The Labute approximate surface area is 151 Å². The molecule has 0 fully saturated rings. The van der Waals surface area contributed by atoms with Gasteiger partial charge in [0.15, 0.2) is 10.4 Å². The fourth-order valence-electron chi connectivity index (χ4n) is 2.48. The molecule has 2 aromatic rings. The van der Waals surface area contributed by atoms with E-state index in [-0.39, 0.29) is 18.2 Å². The summed E-state index contributed by atoms with van der Waals surface area (Å²) < 4.78 is 5.69. The molecule has 3 N–H and O–H groups in total. The summed E-state index contributed by atoms with van der Waals surface area (Å²) in [4.78, 5) is 27.2. The highest BCUT2D eigenvalue weighted by Crippen LogP contribution is 2.36. The van der Waals surface area contributed by atoms with Crippen molar-refractivity contribution in [1.29, 1.82) is 0 Å². The van der Waals surface area contributed by atoms with Gasteiger partial charge in [0.25, 0.3) is 11.8 Å². The minimum absolute atomic E-state index is 0. The molecule has 0 unspecified atom stereocenters. The second-order valence-electron chi connectivity index (χ2n) is 5.12. The third kappa shape index (κ3) is 3.60. The predicted molar refractivity (Wildman–Crippen MR) is 94.5 cm³/mol. The number of amides is 2. The van der Waals surface area contributed by atoms with Crippen molar-refractivity contribution < 1.29 is 14.0 Å². The van der Waals surface area contributed by atoms with E-state index in [9.17, 15) is 9.59 Å². The monoisotopic (exact) mass is 419 g/mol. The van der Waals surface area contributed by atoms with Crippen LogP contribution in [0.25, 0.3) is 0 Å². The summed E-state index contributed by atoms with van der Waals surface area (Å²) in [7, 11) is 2.02. The Morgan fingerprint density at radius 2 is 2.17 bits per heavy atom. The summed E-state index contributed by atoms with van der Waals surface area (Å²) in [6, 6.07) is 3.20. The van der Waals surface area contributed by atoms with Crippen LogP contribution in [0.4, 0.5) is 5.00 Å². The van der Waals surface area contributed by atoms with Gasteiger partial charge in [-0.05, 0) is 47.1 Å². The lowest BCUT2D eigenvalue weighted by molar-refractivity contribution is 0.0996. The third-order valence-electron chi connectivity index (χ3n) is 3.52. The molecule has 0 saturated carbocycles. The smallest absolute Gasteiger partial charge is 0.292 e. The van der Waals surface area contributed by atoms with Crippen LogP contribution in [-0.4, -0.2) is 30.3 Å². The molecule has 0 radical (unpaired) electrons. The lowest BCUT2D eigenvalue weighted by Crippen LogP contribution is -2.27. The normalized spacial score (nSPS) is 14.0. The number of nitrogens with one attached hydrogen (secondary N) is 1. The van der Waals surface area contributed by atoms with Crippen molar-refractivity contribution in [2.45, 2.75) is 13.0 Å². The first-order chi connectivity index (χ1) is 10.5. The molecule has 6 nitrogen and oxygen atoms in total. The number of carbonyl (C=O) groups is 2.